The summed E-state index contributed by atoms with van der Waals surface area (Å²) in [6.45, 7) is 2.86. The molecular weight excluding hydrogens is 264 g/mol. The number of nitrogens with two attached hydrogens (primary N) is 1. The highest BCUT2D eigenvalue weighted by molar-refractivity contribution is 5.44. The zero-order valence-electron chi connectivity index (χ0n) is 11.9. The zero-order chi connectivity index (χ0) is 14.7. The molecule has 0 spiro atoms. The predicted molar refractivity (Wildman–Crippen MR) is 82.2 cm³/mol. The van der Waals surface area contributed by atoms with Crippen LogP contribution >= 0.6 is 0 Å². The van der Waals surface area contributed by atoms with Crippen LogP contribution in [0, 0.1) is 0 Å². The third kappa shape index (κ3) is 3.01. The minimum Gasteiger partial charge on any atom is -0.508 e. The van der Waals surface area contributed by atoms with Gasteiger partial charge in [0.25, 0.3) is 0 Å². The molecule has 1 unspecified atom stereocenters. The van der Waals surface area contributed by atoms with Crippen LogP contribution in [0.4, 0.5) is 0 Å². The number of aromatic hydroxyl groups is 1. The number of phenolic OH excluding ortho intramolecular Hbond substituents is 1. The number of fused-ring (bicyclic) bond motifs is 1. The highest BCUT2D eigenvalue weighted by Crippen LogP contribution is 2.38. The molecular formula is C17H20N2O2. The van der Waals surface area contributed by atoms with Crippen molar-refractivity contribution >= 4 is 0 Å². The molecule has 1 aliphatic heterocycles. The summed E-state index contributed by atoms with van der Waals surface area (Å²) in [5.74, 6) is 1.01. The molecule has 0 amide bonds. The number of benzene rings is 2. The van der Waals surface area contributed by atoms with E-state index >= 15 is 0 Å². The quantitative estimate of drug-likeness (QED) is 0.884. The van der Waals surface area contributed by atoms with Gasteiger partial charge in [0.2, 0.25) is 0 Å². The normalized spacial score (nSPS) is 16.8. The monoisotopic (exact) mass is 284 g/mol. The fourth-order valence-corrected chi connectivity index (χ4v) is 2.81. The van der Waals surface area contributed by atoms with Gasteiger partial charge in [0.05, 0.1) is 6.04 Å². The summed E-state index contributed by atoms with van der Waals surface area (Å²) in [5, 5.41) is 9.55. The molecule has 1 atom stereocenters. The van der Waals surface area contributed by atoms with E-state index in [4.69, 9.17) is 10.5 Å². The largest absolute Gasteiger partial charge is 0.508 e. The first kappa shape index (κ1) is 13.9. The molecule has 0 aliphatic carbocycles. The molecule has 1 heterocycles. The molecule has 0 bridgehead atoms. The summed E-state index contributed by atoms with van der Waals surface area (Å²) < 4.78 is 5.71. The molecule has 2 aromatic carbocycles. The van der Waals surface area contributed by atoms with Gasteiger partial charge in [-0.05, 0) is 17.7 Å². The van der Waals surface area contributed by atoms with Crippen LogP contribution in [0.15, 0.2) is 48.5 Å². The van der Waals surface area contributed by atoms with E-state index in [-0.39, 0.29) is 11.8 Å². The minimum absolute atomic E-state index is 0.185. The molecule has 4 nitrogen and oxygen atoms in total. The van der Waals surface area contributed by atoms with E-state index in [0.29, 0.717) is 13.2 Å². The lowest BCUT2D eigenvalue weighted by molar-refractivity contribution is 0.159. The summed E-state index contributed by atoms with van der Waals surface area (Å²) in [4.78, 5) is 2.33. The Bertz CT molecular complexity index is 601. The first-order chi connectivity index (χ1) is 10.3. The molecule has 0 fully saturated rings. The molecule has 0 saturated carbocycles. The Hall–Kier alpha value is -2.04. The average molecular weight is 284 g/mol. The lowest BCUT2D eigenvalue weighted by atomic mass is 10.1. The molecule has 3 N–H and O–H groups in total. The smallest absolute Gasteiger partial charge is 0.127 e. The van der Waals surface area contributed by atoms with Crippen molar-refractivity contribution in [3.05, 3.63) is 59.7 Å². The van der Waals surface area contributed by atoms with Gasteiger partial charge in [-0.3, -0.25) is 4.90 Å². The highest BCUT2D eigenvalue weighted by Gasteiger charge is 2.29. The van der Waals surface area contributed by atoms with Gasteiger partial charge in [-0.25, -0.2) is 0 Å². The lowest BCUT2D eigenvalue weighted by Gasteiger charge is -2.27. The van der Waals surface area contributed by atoms with Gasteiger partial charge in [0.15, 0.2) is 0 Å². The standard InChI is InChI=1S/C17H20N2O2/c18-8-9-19(11-13-4-2-1-3-5-13)16-12-21-17-10-14(20)6-7-15(16)17/h1-7,10,16,20H,8-9,11-12,18H2. The number of phenols is 1. The van der Waals surface area contributed by atoms with Crippen LogP contribution in [0.2, 0.25) is 0 Å². The van der Waals surface area contributed by atoms with E-state index in [2.05, 4.69) is 17.0 Å². The maximum Gasteiger partial charge on any atom is 0.127 e. The van der Waals surface area contributed by atoms with Crippen molar-refractivity contribution in [1.82, 2.24) is 4.90 Å². The van der Waals surface area contributed by atoms with Gasteiger partial charge in [0, 0.05) is 31.3 Å². The number of ether oxygens (including phenoxy) is 1. The highest BCUT2D eigenvalue weighted by atomic mass is 16.5. The molecule has 4 heteroatoms. The first-order valence-electron chi connectivity index (χ1n) is 7.21. The Labute approximate surface area is 124 Å². The third-order valence-corrected chi connectivity index (χ3v) is 3.84. The third-order valence-electron chi connectivity index (χ3n) is 3.84. The number of rotatable bonds is 5. The van der Waals surface area contributed by atoms with E-state index in [9.17, 15) is 5.11 Å². The summed E-state index contributed by atoms with van der Waals surface area (Å²) in [5.41, 5.74) is 8.16. The van der Waals surface area contributed by atoms with E-state index in [0.717, 1.165) is 24.4 Å². The van der Waals surface area contributed by atoms with Crippen LogP contribution in [-0.2, 0) is 6.54 Å². The van der Waals surface area contributed by atoms with Gasteiger partial charge >= 0.3 is 0 Å². The molecule has 1 aliphatic rings. The van der Waals surface area contributed by atoms with E-state index in [1.807, 2.05) is 24.3 Å². The van der Waals surface area contributed by atoms with Crippen LogP contribution in [0.1, 0.15) is 17.2 Å². The minimum atomic E-state index is 0.185. The van der Waals surface area contributed by atoms with Crippen molar-refractivity contribution in [1.29, 1.82) is 0 Å². The maximum atomic E-state index is 9.55. The molecule has 0 saturated heterocycles. The first-order valence-corrected chi connectivity index (χ1v) is 7.21. The predicted octanol–water partition coefficient (Wildman–Crippen LogP) is 2.29. The second-order valence-corrected chi connectivity index (χ2v) is 5.29. The van der Waals surface area contributed by atoms with E-state index in [1.54, 1.807) is 12.1 Å². The SMILES string of the molecule is NCCN(Cc1ccccc1)C1COc2cc(O)ccc21. The molecule has 0 aromatic heterocycles. The van der Waals surface area contributed by atoms with Crippen LogP contribution in [0.3, 0.4) is 0 Å². The van der Waals surface area contributed by atoms with Crippen LogP contribution in [-0.4, -0.2) is 29.7 Å². The summed E-state index contributed by atoms with van der Waals surface area (Å²) in [7, 11) is 0. The van der Waals surface area contributed by atoms with Crippen molar-refractivity contribution in [2.75, 3.05) is 19.7 Å². The Kier molecular flexibility index (Phi) is 4.08. The summed E-state index contributed by atoms with van der Waals surface area (Å²) in [6, 6.07) is 15.9. The van der Waals surface area contributed by atoms with E-state index in [1.165, 1.54) is 5.56 Å². The Morgan fingerprint density at radius 2 is 2.00 bits per heavy atom. The molecule has 2 aromatic rings. The average Bonchev–Trinajstić information content (AvgIpc) is 2.90. The molecule has 21 heavy (non-hydrogen) atoms. The van der Waals surface area contributed by atoms with Gasteiger partial charge in [-0.1, -0.05) is 30.3 Å². The fraction of sp³-hybridized carbons (Fsp3) is 0.294. The van der Waals surface area contributed by atoms with Crippen molar-refractivity contribution in [2.45, 2.75) is 12.6 Å². The Morgan fingerprint density at radius 1 is 1.19 bits per heavy atom. The van der Waals surface area contributed by atoms with Gasteiger partial charge in [0.1, 0.15) is 18.1 Å². The van der Waals surface area contributed by atoms with Gasteiger partial charge in [-0.15, -0.1) is 0 Å². The van der Waals surface area contributed by atoms with Crippen molar-refractivity contribution in [2.24, 2.45) is 5.73 Å². The van der Waals surface area contributed by atoms with E-state index < -0.39 is 0 Å². The Morgan fingerprint density at radius 3 is 2.76 bits per heavy atom. The van der Waals surface area contributed by atoms with Gasteiger partial charge in [-0.2, -0.15) is 0 Å². The molecule has 3 rings (SSSR count). The Balaban J connectivity index is 1.83. The van der Waals surface area contributed by atoms with Crippen molar-refractivity contribution in [3.63, 3.8) is 0 Å². The van der Waals surface area contributed by atoms with Crippen molar-refractivity contribution < 1.29 is 9.84 Å². The van der Waals surface area contributed by atoms with Crippen LogP contribution in [0.5, 0.6) is 11.5 Å². The second kappa shape index (κ2) is 6.16. The maximum absolute atomic E-state index is 9.55. The zero-order valence-corrected chi connectivity index (χ0v) is 11.9. The lowest BCUT2D eigenvalue weighted by Crippen LogP contribution is -2.33. The molecule has 0 radical (unpaired) electrons. The molecule has 110 valence electrons. The second-order valence-electron chi connectivity index (χ2n) is 5.29. The fourth-order valence-electron chi connectivity index (χ4n) is 2.81. The van der Waals surface area contributed by atoms with Crippen LogP contribution < -0.4 is 10.5 Å². The number of nitrogens with zero attached hydrogens (tertiary/aromatic N) is 1. The summed E-state index contributed by atoms with van der Waals surface area (Å²) >= 11 is 0. The summed E-state index contributed by atoms with van der Waals surface area (Å²) in [6.07, 6.45) is 0. The number of hydrogen-bond donors (Lipinski definition) is 2. The van der Waals surface area contributed by atoms with Crippen LogP contribution in [0.25, 0.3) is 0 Å². The van der Waals surface area contributed by atoms with Gasteiger partial charge < -0.3 is 15.6 Å². The topological polar surface area (TPSA) is 58.7 Å². The van der Waals surface area contributed by atoms with Crippen molar-refractivity contribution in [3.8, 4) is 11.5 Å². The number of hydrogen-bond acceptors (Lipinski definition) is 4.